The molecule has 6 heteroatoms. The Hall–Kier alpha value is -1.88. The van der Waals surface area contributed by atoms with Crippen molar-refractivity contribution in [3.05, 3.63) is 46.5 Å². The average molecular weight is 293 g/mol. The first kappa shape index (κ1) is 14.5. The van der Waals surface area contributed by atoms with Gasteiger partial charge in [-0.3, -0.25) is 14.9 Å². The number of rotatable bonds is 3. The van der Waals surface area contributed by atoms with Gasteiger partial charge in [-0.05, 0) is 12.1 Å². The van der Waals surface area contributed by atoms with Gasteiger partial charge in [0.1, 0.15) is 0 Å². The quantitative estimate of drug-likeness (QED) is 0.914. The molecule has 0 aliphatic carbocycles. The van der Waals surface area contributed by atoms with Crippen molar-refractivity contribution in [2.75, 3.05) is 0 Å². The molecule has 2 aromatic heterocycles. The third-order valence-corrected chi connectivity index (χ3v) is 3.16. The Morgan fingerprint density at radius 3 is 2.80 bits per heavy atom. The second kappa shape index (κ2) is 5.63. The van der Waals surface area contributed by atoms with Gasteiger partial charge in [0.15, 0.2) is 0 Å². The number of nitrogens with one attached hydrogen (secondary N) is 2. The highest BCUT2D eigenvalue weighted by molar-refractivity contribution is 6.33. The molecule has 0 atom stereocenters. The molecule has 2 N–H and O–H groups in total. The van der Waals surface area contributed by atoms with Crippen LogP contribution in [0.3, 0.4) is 0 Å². The van der Waals surface area contributed by atoms with E-state index in [-0.39, 0.29) is 11.3 Å². The van der Waals surface area contributed by atoms with Crippen LogP contribution in [0.25, 0.3) is 0 Å². The van der Waals surface area contributed by atoms with Crippen molar-refractivity contribution in [1.29, 1.82) is 0 Å². The van der Waals surface area contributed by atoms with Gasteiger partial charge in [0.25, 0.3) is 5.91 Å². The van der Waals surface area contributed by atoms with E-state index in [1.807, 2.05) is 6.07 Å². The van der Waals surface area contributed by atoms with Crippen LogP contribution in [-0.4, -0.2) is 21.1 Å². The Labute approximate surface area is 122 Å². The molecule has 20 heavy (non-hydrogen) atoms. The van der Waals surface area contributed by atoms with Gasteiger partial charge in [-0.1, -0.05) is 32.4 Å². The van der Waals surface area contributed by atoms with Crippen LogP contribution in [0, 0.1) is 0 Å². The highest BCUT2D eigenvalue weighted by Gasteiger charge is 2.17. The molecule has 0 aromatic carbocycles. The van der Waals surface area contributed by atoms with E-state index in [1.54, 1.807) is 6.07 Å². The van der Waals surface area contributed by atoms with Crippen LogP contribution in [0.4, 0.5) is 0 Å². The standard InChI is InChI=1S/C14H17ClN4O/c1-14(2,3)12-6-9(18-19-12)7-17-13(20)10-4-5-16-8-11(10)15/h4-6,8H,7H2,1-3H3,(H,17,20)(H,18,19). The third-order valence-electron chi connectivity index (χ3n) is 2.86. The molecule has 0 fully saturated rings. The minimum atomic E-state index is -0.232. The topological polar surface area (TPSA) is 70.7 Å². The Kier molecular flexibility index (Phi) is 4.09. The molecule has 2 heterocycles. The van der Waals surface area contributed by atoms with Gasteiger partial charge in [0, 0.05) is 17.8 Å². The molecule has 2 aromatic rings. The van der Waals surface area contributed by atoms with Crippen LogP contribution in [-0.2, 0) is 12.0 Å². The predicted octanol–water partition coefficient (Wildman–Crippen LogP) is 2.69. The van der Waals surface area contributed by atoms with E-state index in [0.29, 0.717) is 17.1 Å². The van der Waals surface area contributed by atoms with Gasteiger partial charge in [-0.15, -0.1) is 0 Å². The molecule has 0 saturated carbocycles. The molecule has 0 radical (unpaired) electrons. The zero-order chi connectivity index (χ0) is 14.8. The van der Waals surface area contributed by atoms with E-state index in [1.165, 1.54) is 12.4 Å². The zero-order valence-corrected chi connectivity index (χ0v) is 12.5. The number of hydrogen-bond donors (Lipinski definition) is 2. The predicted molar refractivity (Wildman–Crippen MR) is 77.7 cm³/mol. The fourth-order valence-corrected chi connectivity index (χ4v) is 1.87. The van der Waals surface area contributed by atoms with Crippen molar-refractivity contribution in [2.24, 2.45) is 0 Å². The maximum atomic E-state index is 12.0. The van der Waals surface area contributed by atoms with Crippen molar-refractivity contribution >= 4 is 17.5 Å². The summed E-state index contributed by atoms with van der Waals surface area (Å²) in [6.45, 7) is 6.63. The number of carbonyl (C=O) groups is 1. The molecule has 0 aliphatic rings. The number of aromatic amines is 1. The minimum Gasteiger partial charge on any atom is -0.346 e. The molecule has 1 amide bonds. The van der Waals surface area contributed by atoms with Crippen molar-refractivity contribution in [1.82, 2.24) is 20.5 Å². The van der Waals surface area contributed by atoms with Crippen LogP contribution in [0.1, 0.15) is 42.5 Å². The van der Waals surface area contributed by atoms with Gasteiger partial charge in [0.2, 0.25) is 0 Å². The largest absolute Gasteiger partial charge is 0.346 e. The number of carbonyl (C=O) groups excluding carboxylic acids is 1. The van der Waals surface area contributed by atoms with Gasteiger partial charge in [-0.2, -0.15) is 5.10 Å². The number of amides is 1. The van der Waals surface area contributed by atoms with E-state index < -0.39 is 0 Å². The first-order chi connectivity index (χ1) is 9.38. The lowest BCUT2D eigenvalue weighted by Crippen LogP contribution is -2.23. The summed E-state index contributed by atoms with van der Waals surface area (Å²) in [7, 11) is 0. The summed E-state index contributed by atoms with van der Waals surface area (Å²) in [6, 6.07) is 3.54. The molecule has 0 aliphatic heterocycles. The van der Waals surface area contributed by atoms with Crippen LogP contribution in [0.15, 0.2) is 24.5 Å². The summed E-state index contributed by atoms with van der Waals surface area (Å²) in [5, 5.41) is 10.3. The second-order valence-corrected chi connectivity index (χ2v) is 5.97. The normalized spacial score (nSPS) is 11.4. The number of aromatic nitrogens is 3. The lowest BCUT2D eigenvalue weighted by molar-refractivity contribution is 0.0950. The van der Waals surface area contributed by atoms with Gasteiger partial charge in [-0.25, -0.2) is 0 Å². The van der Waals surface area contributed by atoms with E-state index in [9.17, 15) is 4.79 Å². The van der Waals surface area contributed by atoms with E-state index in [2.05, 4.69) is 41.3 Å². The maximum Gasteiger partial charge on any atom is 0.253 e. The summed E-state index contributed by atoms with van der Waals surface area (Å²) in [5.74, 6) is -0.232. The number of H-pyrrole nitrogens is 1. The second-order valence-electron chi connectivity index (χ2n) is 5.57. The lowest BCUT2D eigenvalue weighted by atomic mass is 9.92. The molecule has 106 valence electrons. The molecule has 0 saturated heterocycles. The van der Waals surface area contributed by atoms with Crippen LogP contribution in [0.2, 0.25) is 5.02 Å². The van der Waals surface area contributed by atoms with Crippen molar-refractivity contribution in [3.63, 3.8) is 0 Å². The van der Waals surface area contributed by atoms with E-state index in [0.717, 1.165) is 11.4 Å². The Morgan fingerprint density at radius 2 is 2.20 bits per heavy atom. The summed E-state index contributed by atoms with van der Waals surface area (Å²) in [6.07, 6.45) is 2.99. The number of nitrogens with zero attached hydrogens (tertiary/aromatic N) is 2. The molecule has 2 rings (SSSR count). The Morgan fingerprint density at radius 1 is 1.45 bits per heavy atom. The van der Waals surface area contributed by atoms with Crippen LogP contribution >= 0.6 is 11.6 Å². The summed E-state index contributed by atoms with van der Waals surface area (Å²) >= 11 is 5.92. The van der Waals surface area contributed by atoms with Crippen LogP contribution in [0.5, 0.6) is 0 Å². The van der Waals surface area contributed by atoms with Crippen LogP contribution < -0.4 is 5.32 Å². The maximum absolute atomic E-state index is 12.0. The van der Waals surface area contributed by atoms with Crippen molar-refractivity contribution in [3.8, 4) is 0 Å². The summed E-state index contributed by atoms with van der Waals surface area (Å²) in [4.78, 5) is 15.8. The van der Waals surface area contributed by atoms with E-state index in [4.69, 9.17) is 11.6 Å². The lowest BCUT2D eigenvalue weighted by Gasteiger charge is -2.13. The Balaban J connectivity index is 2.01. The monoisotopic (exact) mass is 292 g/mol. The highest BCUT2D eigenvalue weighted by Crippen LogP contribution is 2.20. The van der Waals surface area contributed by atoms with Gasteiger partial charge in [0.05, 0.1) is 28.5 Å². The van der Waals surface area contributed by atoms with E-state index >= 15 is 0 Å². The fraction of sp³-hybridized carbons (Fsp3) is 0.357. The summed E-state index contributed by atoms with van der Waals surface area (Å²) < 4.78 is 0. The van der Waals surface area contributed by atoms with Crippen molar-refractivity contribution in [2.45, 2.75) is 32.7 Å². The van der Waals surface area contributed by atoms with Crippen molar-refractivity contribution < 1.29 is 4.79 Å². The third kappa shape index (κ3) is 3.36. The summed E-state index contributed by atoms with van der Waals surface area (Å²) in [5.41, 5.74) is 2.21. The van der Waals surface area contributed by atoms with Gasteiger partial charge >= 0.3 is 0 Å². The first-order valence-electron chi connectivity index (χ1n) is 6.30. The zero-order valence-electron chi connectivity index (χ0n) is 11.7. The molecule has 0 bridgehead atoms. The molecular formula is C14H17ClN4O. The molecule has 0 spiro atoms. The highest BCUT2D eigenvalue weighted by atomic mass is 35.5. The first-order valence-corrected chi connectivity index (χ1v) is 6.68. The number of pyridine rings is 1. The SMILES string of the molecule is CC(C)(C)c1cc(CNC(=O)c2ccncc2Cl)[nH]n1. The fourth-order valence-electron chi connectivity index (χ4n) is 1.67. The molecule has 0 unspecified atom stereocenters. The number of hydrogen-bond acceptors (Lipinski definition) is 3. The smallest absolute Gasteiger partial charge is 0.253 e. The molecule has 5 nitrogen and oxygen atoms in total. The average Bonchev–Trinajstić information content (AvgIpc) is 2.85. The van der Waals surface area contributed by atoms with Gasteiger partial charge < -0.3 is 5.32 Å². The Bertz CT molecular complexity index is 616. The minimum absolute atomic E-state index is 0.0207. The molecular weight excluding hydrogens is 276 g/mol. The number of halogens is 1.